The minimum absolute atomic E-state index is 0.0524. The summed E-state index contributed by atoms with van der Waals surface area (Å²) < 4.78 is 21.2. The van der Waals surface area contributed by atoms with Crippen LogP contribution in [0.1, 0.15) is 27.6 Å². The van der Waals surface area contributed by atoms with Crippen molar-refractivity contribution in [2.75, 3.05) is 19.8 Å². The topological polar surface area (TPSA) is 91.4 Å². The maximum Gasteiger partial charge on any atom is 0.338 e. The smallest absolute Gasteiger partial charge is 0.338 e. The lowest BCUT2D eigenvalue weighted by molar-refractivity contribution is -0.143. The molecule has 0 spiro atoms. The molecule has 2 aromatic carbocycles. The van der Waals surface area contributed by atoms with Crippen LogP contribution < -0.4 is 0 Å². The molecule has 156 valence electrons. The van der Waals surface area contributed by atoms with E-state index in [1.165, 1.54) is 6.92 Å². The van der Waals surface area contributed by atoms with E-state index in [4.69, 9.17) is 18.9 Å². The molecule has 1 aliphatic rings. The molecular weight excluding hydrogens is 388 g/mol. The fourth-order valence-electron chi connectivity index (χ4n) is 2.74. The van der Waals surface area contributed by atoms with Crippen molar-refractivity contribution in [2.24, 2.45) is 0 Å². The summed E-state index contributed by atoms with van der Waals surface area (Å²) in [7, 11) is 0. The Balaban J connectivity index is 1.52. The van der Waals surface area contributed by atoms with E-state index < -0.39 is 29.6 Å². The van der Waals surface area contributed by atoms with Crippen LogP contribution in [0.5, 0.6) is 0 Å². The largest absolute Gasteiger partial charge is 0.463 e. The zero-order valence-corrected chi connectivity index (χ0v) is 16.5. The maximum atomic E-state index is 12.2. The van der Waals surface area contributed by atoms with Gasteiger partial charge in [-0.2, -0.15) is 0 Å². The van der Waals surface area contributed by atoms with E-state index in [1.54, 1.807) is 66.7 Å². The molecule has 1 saturated heterocycles. The molecule has 0 N–H and O–H groups in total. The number of hydrogen-bond acceptors (Lipinski definition) is 7. The van der Waals surface area contributed by atoms with E-state index in [0.29, 0.717) is 11.1 Å². The molecule has 0 aliphatic carbocycles. The summed E-state index contributed by atoms with van der Waals surface area (Å²) in [6.45, 7) is 1.22. The second-order valence-corrected chi connectivity index (χ2v) is 6.72. The predicted octanol–water partition coefficient (Wildman–Crippen LogP) is 2.96. The summed E-state index contributed by atoms with van der Waals surface area (Å²) in [4.78, 5) is 35.3. The Labute approximate surface area is 174 Å². The van der Waals surface area contributed by atoms with Crippen LogP contribution in [0.2, 0.25) is 0 Å². The second-order valence-electron chi connectivity index (χ2n) is 6.72. The van der Waals surface area contributed by atoms with Gasteiger partial charge >= 0.3 is 17.9 Å². The molecular formula is C23H22O7. The highest BCUT2D eigenvalue weighted by Crippen LogP contribution is 2.38. The molecule has 1 aliphatic heterocycles. The van der Waals surface area contributed by atoms with Gasteiger partial charge in [0.25, 0.3) is 0 Å². The molecule has 1 fully saturated rings. The van der Waals surface area contributed by atoms with Gasteiger partial charge in [-0.05, 0) is 30.3 Å². The Morgan fingerprint density at radius 3 is 1.97 bits per heavy atom. The van der Waals surface area contributed by atoms with Crippen molar-refractivity contribution in [2.45, 2.75) is 18.6 Å². The van der Waals surface area contributed by atoms with Crippen molar-refractivity contribution in [3.05, 3.63) is 83.9 Å². The van der Waals surface area contributed by atoms with Gasteiger partial charge < -0.3 is 18.9 Å². The first-order valence-corrected chi connectivity index (χ1v) is 9.42. The highest BCUT2D eigenvalue weighted by atomic mass is 16.7. The highest BCUT2D eigenvalue weighted by molar-refractivity contribution is 5.89. The third-order valence-corrected chi connectivity index (χ3v) is 4.43. The van der Waals surface area contributed by atoms with Crippen molar-refractivity contribution in [3.63, 3.8) is 0 Å². The van der Waals surface area contributed by atoms with E-state index >= 15 is 0 Å². The van der Waals surface area contributed by atoms with Crippen LogP contribution in [0.4, 0.5) is 0 Å². The second kappa shape index (κ2) is 9.84. The van der Waals surface area contributed by atoms with Gasteiger partial charge in [0.05, 0.1) is 11.1 Å². The molecule has 0 unspecified atom stereocenters. The lowest BCUT2D eigenvalue weighted by Gasteiger charge is -2.13. The first kappa shape index (κ1) is 21.3. The van der Waals surface area contributed by atoms with Gasteiger partial charge in [-0.25, -0.2) is 9.59 Å². The maximum absolute atomic E-state index is 12.2. The number of benzene rings is 2. The van der Waals surface area contributed by atoms with E-state index in [1.807, 2.05) is 6.07 Å². The molecule has 7 heteroatoms. The molecule has 0 radical (unpaired) electrons. The number of carbonyl (C=O) groups is 3. The van der Waals surface area contributed by atoms with Crippen molar-refractivity contribution in [1.29, 1.82) is 0 Å². The summed E-state index contributed by atoms with van der Waals surface area (Å²) in [5.41, 5.74) is -0.0675. The highest BCUT2D eigenvalue weighted by Gasteiger charge is 2.57. The Kier molecular flexibility index (Phi) is 6.98. The predicted molar refractivity (Wildman–Crippen MR) is 107 cm³/mol. The Morgan fingerprint density at radius 2 is 1.40 bits per heavy atom. The van der Waals surface area contributed by atoms with Crippen molar-refractivity contribution < 1.29 is 33.3 Å². The Bertz CT molecular complexity index is 908. The average molecular weight is 410 g/mol. The van der Waals surface area contributed by atoms with Crippen molar-refractivity contribution in [1.82, 2.24) is 0 Å². The molecule has 0 amide bonds. The molecule has 0 bridgehead atoms. The summed E-state index contributed by atoms with van der Waals surface area (Å²) >= 11 is 0. The minimum Gasteiger partial charge on any atom is -0.463 e. The zero-order chi connectivity index (χ0) is 21.4. The van der Waals surface area contributed by atoms with Gasteiger partial charge in [0.15, 0.2) is 5.60 Å². The van der Waals surface area contributed by atoms with Gasteiger partial charge in [0, 0.05) is 6.92 Å². The van der Waals surface area contributed by atoms with Crippen LogP contribution >= 0.6 is 0 Å². The molecule has 0 aromatic heterocycles. The van der Waals surface area contributed by atoms with E-state index in [-0.39, 0.29) is 19.8 Å². The minimum atomic E-state index is -0.948. The molecule has 2 aromatic rings. The van der Waals surface area contributed by atoms with Gasteiger partial charge in [-0.15, -0.1) is 0 Å². The monoisotopic (exact) mass is 410 g/mol. The average Bonchev–Trinajstić information content (AvgIpc) is 3.47. The lowest BCUT2D eigenvalue weighted by Crippen LogP contribution is -2.31. The number of esters is 3. The third-order valence-electron chi connectivity index (χ3n) is 4.43. The first-order chi connectivity index (χ1) is 14.5. The number of hydrogen-bond donors (Lipinski definition) is 0. The number of ether oxygens (including phenoxy) is 4. The SMILES string of the molecule is CC(=O)OC[C@@]1(COC(=O)c2ccccc2)O[C@@H]1/C=C\COC(=O)c1ccccc1. The molecule has 3 rings (SSSR count). The summed E-state index contributed by atoms with van der Waals surface area (Å²) in [6, 6.07) is 17.2. The molecule has 7 nitrogen and oxygen atoms in total. The fourth-order valence-corrected chi connectivity index (χ4v) is 2.74. The van der Waals surface area contributed by atoms with Crippen LogP contribution in [0, 0.1) is 0 Å². The van der Waals surface area contributed by atoms with Crippen molar-refractivity contribution in [3.8, 4) is 0 Å². The van der Waals surface area contributed by atoms with Gasteiger partial charge in [0.2, 0.25) is 0 Å². The zero-order valence-electron chi connectivity index (χ0n) is 16.5. The van der Waals surface area contributed by atoms with E-state index in [0.717, 1.165) is 0 Å². The first-order valence-electron chi connectivity index (χ1n) is 9.42. The Morgan fingerprint density at radius 1 is 0.867 bits per heavy atom. The summed E-state index contributed by atoms with van der Waals surface area (Å²) in [6.07, 6.45) is 2.90. The summed E-state index contributed by atoms with van der Waals surface area (Å²) in [5, 5.41) is 0. The van der Waals surface area contributed by atoms with Crippen LogP contribution in [0.15, 0.2) is 72.8 Å². The molecule has 30 heavy (non-hydrogen) atoms. The standard InChI is InChI=1S/C23H22O7/c1-17(24)28-15-23(16-29-22(26)19-11-6-3-7-12-19)20(30-23)13-8-14-27-21(25)18-9-4-2-5-10-18/h2-13,20H,14-16H2,1H3/b13-8-/t20-,23+/m1/s1. The molecule has 1 heterocycles. The van der Waals surface area contributed by atoms with Crippen LogP contribution in [0.3, 0.4) is 0 Å². The quantitative estimate of drug-likeness (QED) is 0.272. The van der Waals surface area contributed by atoms with Gasteiger partial charge in [0.1, 0.15) is 25.9 Å². The number of carbonyl (C=O) groups excluding carboxylic acids is 3. The fraction of sp³-hybridized carbons (Fsp3) is 0.261. The van der Waals surface area contributed by atoms with Gasteiger partial charge in [-0.1, -0.05) is 42.5 Å². The molecule has 2 atom stereocenters. The number of epoxide rings is 1. The molecule has 0 saturated carbocycles. The van der Waals surface area contributed by atoms with Crippen molar-refractivity contribution >= 4 is 17.9 Å². The van der Waals surface area contributed by atoms with Crippen LogP contribution in [-0.4, -0.2) is 49.4 Å². The third kappa shape index (κ3) is 5.78. The van der Waals surface area contributed by atoms with Gasteiger partial charge in [-0.3, -0.25) is 4.79 Å². The van der Waals surface area contributed by atoms with E-state index in [9.17, 15) is 14.4 Å². The Hall–Kier alpha value is -3.45. The van der Waals surface area contributed by atoms with Crippen LogP contribution in [0.25, 0.3) is 0 Å². The van der Waals surface area contributed by atoms with Crippen LogP contribution in [-0.2, 0) is 23.7 Å². The number of rotatable bonds is 9. The van der Waals surface area contributed by atoms with E-state index in [2.05, 4.69) is 0 Å². The lowest BCUT2D eigenvalue weighted by atomic mass is 10.1. The summed E-state index contributed by atoms with van der Waals surface area (Å²) in [5.74, 6) is -1.38. The normalized spacial score (nSPS) is 19.8.